The maximum absolute atomic E-state index is 12.5. The van der Waals surface area contributed by atoms with Crippen molar-refractivity contribution in [3.8, 4) is 5.75 Å². The molecular weight excluding hydrogens is 400 g/mol. The van der Waals surface area contributed by atoms with Crippen molar-refractivity contribution in [3.05, 3.63) is 72.3 Å². The molecule has 1 amide bonds. The third kappa shape index (κ3) is 5.73. The van der Waals surface area contributed by atoms with Crippen LogP contribution < -0.4 is 14.4 Å². The van der Waals surface area contributed by atoms with Crippen molar-refractivity contribution in [2.75, 3.05) is 17.1 Å². The van der Waals surface area contributed by atoms with Crippen molar-refractivity contribution in [2.45, 2.75) is 26.5 Å². The number of rotatable bonds is 8. The van der Waals surface area contributed by atoms with E-state index in [1.807, 2.05) is 56.3 Å². The predicted molar refractivity (Wildman–Crippen MR) is 120 cm³/mol. The van der Waals surface area contributed by atoms with E-state index >= 15 is 0 Å². The highest BCUT2D eigenvalue weighted by atomic mass is 32.2. The molecule has 7 heteroatoms. The van der Waals surface area contributed by atoms with Crippen LogP contribution in [0.1, 0.15) is 19.4 Å². The molecule has 0 saturated carbocycles. The number of benzene rings is 3. The molecule has 6 nitrogen and oxygen atoms in total. The van der Waals surface area contributed by atoms with Gasteiger partial charge in [-0.3, -0.25) is 9.10 Å². The van der Waals surface area contributed by atoms with Crippen LogP contribution in [0, 0.1) is 0 Å². The number of carbonyl (C=O) groups is 1. The van der Waals surface area contributed by atoms with Crippen LogP contribution in [0.15, 0.2) is 66.7 Å². The van der Waals surface area contributed by atoms with Crippen molar-refractivity contribution >= 4 is 32.4 Å². The summed E-state index contributed by atoms with van der Waals surface area (Å²) in [6.07, 6.45) is 1.04. The molecule has 0 bridgehead atoms. The molecule has 0 unspecified atom stereocenters. The molecule has 3 aromatic rings. The lowest BCUT2D eigenvalue weighted by molar-refractivity contribution is -0.119. The number of ether oxygens (including phenoxy) is 1. The van der Waals surface area contributed by atoms with Crippen molar-refractivity contribution in [1.29, 1.82) is 0 Å². The van der Waals surface area contributed by atoms with Crippen LogP contribution in [0.25, 0.3) is 10.8 Å². The lowest BCUT2D eigenvalue weighted by Gasteiger charge is -2.23. The van der Waals surface area contributed by atoms with Gasteiger partial charge in [0.25, 0.3) is 0 Å². The number of anilines is 1. The second kappa shape index (κ2) is 9.17. The van der Waals surface area contributed by atoms with Crippen LogP contribution >= 0.6 is 0 Å². The summed E-state index contributed by atoms with van der Waals surface area (Å²) in [4.78, 5) is 12.5. The van der Waals surface area contributed by atoms with Gasteiger partial charge in [0.15, 0.2) is 0 Å². The molecule has 0 aliphatic heterocycles. The summed E-state index contributed by atoms with van der Waals surface area (Å²) in [7, 11) is -3.65. The summed E-state index contributed by atoms with van der Waals surface area (Å²) in [5.74, 6) is 0.163. The number of nitrogens with one attached hydrogen (secondary N) is 1. The zero-order valence-electron chi connectivity index (χ0n) is 17.3. The SMILES string of the molecule is CC(C)Oc1cccc(N(CC(=O)NCc2ccc3ccccc3c2)S(C)(=O)=O)c1. The van der Waals surface area contributed by atoms with E-state index in [0.717, 1.165) is 26.9 Å². The Hall–Kier alpha value is -3.06. The first-order valence-electron chi connectivity index (χ1n) is 9.71. The van der Waals surface area contributed by atoms with Gasteiger partial charge in [-0.15, -0.1) is 0 Å². The normalized spacial score (nSPS) is 11.5. The highest BCUT2D eigenvalue weighted by molar-refractivity contribution is 7.92. The summed E-state index contributed by atoms with van der Waals surface area (Å²) < 4.78 is 31.4. The quantitative estimate of drug-likeness (QED) is 0.596. The molecule has 0 radical (unpaired) electrons. The molecule has 0 aromatic heterocycles. The van der Waals surface area contributed by atoms with Gasteiger partial charge in [-0.1, -0.05) is 42.5 Å². The van der Waals surface area contributed by atoms with E-state index in [-0.39, 0.29) is 18.6 Å². The maximum atomic E-state index is 12.5. The molecule has 0 atom stereocenters. The number of sulfonamides is 1. The first-order chi connectivity index (χ1) is 14.2. The van der Waals surface area contributed by atoms with Crippen LogP contribution in [-0.4, -0.2) is 33.2 Å². The molecule has 158 valence electrons. The van der Waals surface area contributed by atoms with Crippen LogP contribution in [-0.2, 0) is 21.4 Å². The number of amides is 1. The van der Waals surface area contributed by atoms with Crippen LogP contribution in [0.5, 0.6) is 5.75 Å². The zero-order valence-corrected chi connectivity index (χ0v) is 18.1. The van der Waals surface area contributed by atoms with Gasteiger partial charge in [-0.2, -0.15) is 0 Å². The monoisotopic (exact) mass is 426 g/mol. The Morgan fingerprint density at radius 3 is 2.43 bits per heavy atom. The Kier molecular flexibility index (Phi) is 6.62. The minimum atomic E-state index is -3.65. The number of hydrogen-bond acceptors (Lipinski definition) is 4. The van der Waals surface area contributed by atoms with Gasteiger partial charge in [0, 0.05) is 12.6 Å². The van der Waals surface area contributed by atoms with Gasteiger partial charge < -0.3 is 10.1 Å². The van der Waals surface area contributed by atoms with Gasteiger partial charge in [-0.05, 0) is 48.4 Å². The lowest BCUT2D eigenvalue weighted by Crippen LogP contribution is -2.40. The smallest absolute Gasteiger partial charge is 0.241 e. The van der Waals surface area contributed by atoms with E-state index in [2.05, 4.69) is 5.32 Å². The van der Waals surface area contributed by atoms with E-state index < -0.39 is 10.0 Å². The van der Waals surface area contributed by atoms with E-state index in [0.29, 0.717) is 18.0 Å². The fourth-order valence-electron chi connectivity index (χ4n) is 3.12. The fourth-order valence-corrected chi connectivity index (χ4v) is 3.97. The fraction of sp³-hybridized carbons (Fsp3) is 0.261. The summed E-state index contributed by atoms with van der Waals surface area (Å²) >= 11 is 0. The predicted octanol–water partition coefficient (Wildman–Crippen LogP) is 3.71. The third-order valence-electron chi connectivity index (χ3n) is 4.47. The molecule has 3 rings (SSSR count). The first-order valence-corrected chi connectivity index (χ1v) is 11.6. The van der Waals surface area contributed by atoms with Crippen molar-refractivity contribution < 1.29 is 17.9 Å². The number of carbonyl (C=O) groups excluding carboxylic acids is 1. The van der Waals surface area contributed by atoms with Gasteiger partial charge in [0.2, 0.25) is 15.9 Å². The topological polar surface area (TPSA) is 75.7 Å². The summed E-state index contributed by atoms with van der Waals surface area (Å²) in [5, 5.41) is 5.02. The van der Waals surface area contributed by atoms with Crippen LogP contribution in [0.4, 0.5) is 5.69 Å². The van der Waals surface area contributed by atoms with Crippen LogP contribution in [0.2, 0.25) is 0 Å². The van der Waals surface area contributed by atoms with Gasteiger partial charge in [0.1, 0.15) is 12.3 Å². The minimum Gasteiger partial charge on any atom is -0.491 e. The first kappa shape index (κ1) is 21.6. The van der Waals surface area contributed by atoms with Crippen molar-refractivity contribution in [1.82, 2.24) is 5.32 Å². The Morgan fingerprint density at radius 1 is 1.00 bits per heavy atom. The number of hydrogen-bond donors (Lipinski definition) is 1. The molecule has 0 fully saturated rings. The summed E-state index contributed by atoms with van der Waals surface area (Å²) in [5.41, 5.74) is 1.33. The molecule has 3 aromatic carbocycles. The number of nitrogens with zero attached hydrogens (tertiary/aromatic N) is 1. The molecule has 0 spiro atoms. The highest BCUT2D eigenvalue weighted by Gasteiger charge is 2.21. The van der Waals surface area contributed by atoms with Gasteiger partial charge >= 0.3 is 0 Å². The summed E-state index contributed by atoms with van der Waals surface area (Å²) in [6.45, 7) is 3.79. The number of fused-ring (bicyclic) bond motifs is 1. The standard InChI is InChI=1S/C23H26N2O4S/c1-17(2)29-22-10-6-9-21(14-22)25(30(3,27)28)16-23(26)24-15-18-11-12-19-7-4-5-8-20(19)13-18/h4-14,17H,15-16H2,1-3H3,(H,24,26). The van der Waals surface area contributed by atoms with Crippen LogP contribution in [0.3, 0.4) is 0 Å². The lowest BCUT2D eigenvalue weighted by atomic mass is 10.1. The minimum absolute atomic E-state index is 0.0443. The van der Waals surface area contributed by atoms with E-state index in [1.54, 1.807) is 24.3 Å². The highest BCUT2D eigenvalue weighted by Crippen LogP contribution is 2.24. The van der Waals surface area contributed by atoms with E-state index in [1.165, 1.54) is 0 Å². The van der Waals surface area contributed by atoms with Gasteiger partial charge in [-0.25, -0.2) is 8.42 Å². The molecule has 0 aliphatic rings. The molecule has 0 aliphatic carbocycles. The van der Waals surface area contributed by atoms with E-state index in [4.69, 9.17) is 4.74 Å². The summed E-state index contributed by atoms with van der Waals surface area (Å²) in [6, 6.07) is 20.7. The Labute approximate surface area is 177 Å². The third-order valence-corrected chi connectivity index (χ3v) is 5.61. The Balaban J connectivity index is 1.71. The second-order valence-electron chi connectivity index (χ2n) is 7.39. The maximum Gasteiger partial charge on any atom is 0.241 e. The van der Waals surface area contributed by atoms with Crippen molar-refractivity contribution in [2.24, 2.45) is 0 Å². The zero-order chi connectivity index (χ0) is 21.7. The molecule has 1 N–H and O–H groups in total. The second-order valence-corrected chi connectivity index (χ2v) is 9.30. The largest absolute Gasteiger partial charge is 0.491 e. The average molecular weight is 427 g/mol. The molecule has 0 heterocycles. The molecule has 30 heavy (non-hydrogen) atoms. The van der Waals surface area contributed by atoms with Crippen molar-refractivity contribution in [3.63, 3.8) is 0 Å². The Bertz CT molecular complexity index is 1140. The Morgan fingerprint density at radius 2 is 1.73 bits per heavy atom. The molecule has 0 saturated heterocycles. The molecular formula is C23H26N2O4S. The van der Waals surface area contributed by atoms with E-state index in [9.17, 15) is 13.2 Å². The average Bonchev–Trinajstić information content (AvgIpc) is 2.69. The van der Waals surface area contributed by atoms with Gasteiger partial charge in [0.05, 0.1) is 18.0 Å².